The summed E-state index contributed by atoms with van der Waals surface area (Å²) in [6.45, 7) is 0.587. The molecule has 6 nitrogen and oxygen atoms in total. The molecule has 0 bridgehead atoms. The van der Waals surface area contributed by atoms with E-state index in [-0.39, 0.29) is 18.7 Å². The number of esters is 1. The molecule has 1 amide bonds. The van der Waals surface area contributed by atoms with Crippen molar-refractivity contribution < 1.29 is 23.8 Å². The molecule has 0 saturated heterocycles. The first-order chi connectivity index (χ1) is 12.2. The second-order valence-electron chi connectivity index (χ2n) is 5.35. The number of carbonyl (C=O) groups excluding carboxylic acids is 2. The van der Waals surface area contributed by atoms with E-state index in [1.807, 2.05) is 18.2 Å². The van der Waals surface area contributed by atoms with E-state index in [1.165, 1.54) is 13.2 Å². The summed E-state index contributed by atoms with van der Waals surface area (Å²) in [6, 6.07) is 12.3. The highest BCUT2D eigenvalue weighted by atomic mass is 16.7. The Morgan fingerprint density at radius 1 is 1.12 bits per heavy atom. The fraction of sp³-hybridized carbons (Fsp3) is 0.158. The summed E-state index contributed by atoms with van der Waals surface area (Å²) < 4.78 is 15.2. The number of methoxy groups -OCH3 is 1. The van der Waals surface area contributed by atoms with Crippen molar-refractivity contribution in [2.45, 2.75) is 6.54 Å². The lowest BCUT2D eigenvalue weighted by Gasteiger charge is -2.04. The van der Waals surface area contributed by atoms with Crippen molar-refractivity contribution in [3.05, 3.63) is 65.2 Å². The van der Waals surface area contributed by atoms with E-state index < -0.39 is 0 Å². The zero-order chi connectivity index (χ0) is 17.6. The molecule has 1 aliphatic heterocycles. The summed E-state index contributed by atoms with van der Waals surface area (Å²) in [4.78, 5) is 23.3. The van der Waals surface area contributed by atoms with Gasteiger partial charge in [-0.3, -0.25) is 4.79 Å². The fourth-order valence-electron chi connectivity index (χ4n) is 2.31. The van der Waals surface area contributed by atoms with Crippen molar-refractivity contribution in [1.82, 2.24) is 5.32 Å². The van der Waals surface area contributed by atoms with Crippen LogP contribution in [0.15, 0.2) is 48.5 Å². The van der Waals surface area contributed by atoms with Crippen molar-refractivity contribution in [2.24, 2.45) is 0 Å². The van der Waals surface area contributed by atoms with Crippen molar-refractivity contribution in [3.8, 4) is 11.5 Å². The number of hydrogen-bond acceptors (Lipinski definition) is 5. The molecule has 0 saturated carbocycles. The van der Waals surface area contributed by atoms with Gasteiger partial charge in [0, 0.05) is 12.6 Å². The standard InChI is InChI=1S/C19H17NO5/c1-23-19(22)15-6-2-14(3-7-15)11-20-18(21)9-5-13-4-8-16-17(10-13)25-12-24-16/h2-10H,11-12H2,1H3,(H,20,21)/b9-5+. The van der Waals surface area contributed by atoms with Crippen molar-refractivity contribution >= 4 is 18.0 Å². The molecule has 0 spiro atoms. The number of carbonyl (C=O) groups is 2. The van der Waals surface area contributed by atoms with Gasteiger partial charge in [0.15, 0.2) is 11.5 Å². The fourth-order valence-corrected chi connectivity index (χ4v) is 2.31. The normalized spacial score (nSPS) is 12.2. The van der Waals surface area contributed by atoms with Crippen molar-refractivity contribution in [1.29, 1.82) is 0 Å². The summed E-state index contributed by atoms with van der Waals surface area (Å²) in [7, 11) is 1.34. The lowest BCUT2D eigenvalue weighted by Crippen LogP contribution is -2.20. The quantitative estimate of drug-likeness (QED) is 0.669. The molecule has 0 unspecified atom stereocenters. The van der Waals surface area contributed by atoms with Gasteiger partial charge in [0.05, 0.1) is 12.7 Å². The first kappa shape index (κ1) is 16.6. The Bertz CT molecular complexity index is 811. The van der Waals surface area contributed by atoms with Crippen LogP contribution in [0.25, 0.3) is 6.08 Å². The molecule has 1 heterocycles. The molecule has 1 N–H and O–H groups in total. The number of rotatable bonds is 5. The highest BCUT2D eigenvalue weighted by Crippen LogP contribution is 2.32. The average Bonchev–Trinajstić information content (AvgIpc) is 3.12. The summed E-state index contributed by atoms with van der Waals surface area (Å²) >= 11 is 0. The third-order valence-corrected chi connectivity index (χ3v) is 3.67. The first-order valence-electron chi connectivity index (χ1n) is 7.68. The Labute approximate surface area is 145 Å². The first-order valence-corrected chi connectivity index (χ1v) is 7.68. The molecule has 25 heavy (non-hydrogen) atoms. The van der Waals surface area contributed by atoms with Crippen molar-refractivity contribution in [2.75, 3.05) is 13.9 Å². The van der Waals surface area contributed by atoms with Crippen LogP contribution >= 0.6 is 0 Å². The van der Waals surface area contributed by atoms with Crippen LogP contribution in [-0.2, 0) is 16.1 Å². The molecule has 0 aliphatic carbocycles. The molecule has 0 aromatic heterocycles. The maximum atomic E-state index is 11.9. The zero-order valence-corrected chi connectivity index (χ0v) is 13.7. The van der Waals surface area contributed by atoms with Gasteiger partial charge in [0.25, 0.3) is 0 Å². The minimum atomic E-state index is -0.387. The van der Waals surface area contributed by atoms with Gasteiger partial charge in [-0.25, -0.2) is 4.79 Å². The predicted molar refractivity (Wildman–Crippen MR) is 91.2 cm³/mol. The number of ether oxygens (including phenoxy) is 3. The van der Waals surface area contributed by atoms with Gasteiger partial charge in [0.1, 0.15) is 0 Å². The maximum Gasteiger partial charge on any atom is 0.337 e. The molecule has 6 heteroatoms. The second kappa shape index (κ2) is 7.53. The Hall–Kier alpha value is -3.28. The zero-order valence-electron chi connectivity index (χ0n) is 13.7. The van der Waals surface area contributed by atoms with Crippen LogP contribution in [0.3, 0.4) is 0 Å². The van der Waals surface area contributed by atoms with Gasteiger partial charge >= 0.3 is 5.97 Å². The number of hydrogen-bond donors (Lipinski definition) is 1. The topological polar surface area (TPSA) is 73.9 Å². The minimum Gasteiger partial charge on any atom is -0.465 e. The Morgan fingerprint density at radius 2 is 1.88 bits per heavy atom. The van der Waals surface area contributed by atoms with E-state index in [0.29, 0.717) is 23.6 Å². The van der Waals surface area contributed by atoms with E-state index in [4.69, 9.17) is 9.47 Å². The maximum absolute atomic E-state index is 11.9. The highest BCUT2D eigenvalue weighted by Gasteiger charge is 2.12. The molecule has 3 rings (SSSR count). The smallest absolute Gasteiger partial charge is 0.337 e. The average molecular weight is 339 g/mol. The van der Waals surface area contributed by atoms with E-state index >= 15 is 0 Å². The van der Waals surface area contributed by atoms with Gasteiger partial charge < -0.3 is 19.5 Å². The molecule has 128 valence electrons. The molecule has 2 aromatic carbocycles. The molecule has 0 fully saturated rings. The highest BCUT2D eigenvalue weighted by molar-refractivity contribution is 5.92. The van der Waals surface area contributed by atoms with E-state index in [1.54, 1.807) is 30.3 Å². The minimum absolute atomic E-state index is 0.213. The van der Waals surface area contributed by atoms with Crippen LogP contribution in [-0.4, -0.2) is 25.8 Å². The van der Waals surface area contributed by atoms with Gasteiger partial charge in [-0.05, 0) is 41.5 Å². The van der Waals surface area contributed by atoms with Crippen molar-refractivity contribution in [3.63, 3.8) is 0 Å². The molecule has 0 atom stereocenters. The molecular formula is C19H17NO5. The lowest BCUT2D eigenvalue weighted by molar-refractivity contribution is -0.116. The van der Waals surface area contributed by atoms with Gasteiger partial charge in [-0.1, -0.05) is 18.2 Å². The number of benzene rings is 2. The Balaban J connectivity index is 1.53. The van der Waals surface area contributed by atoms with Gasteiger partial charge in [-0.2, -0.15) is 0 Å². The van der Waals surface area contributed by atoms with E-state index in [2.05, 4.69) is 10.1 Å². The number of amides is 1. The SMILES string of the molecule is COC(=O)c1ccc(CNC(=O)/C=C/c2ccc3c(c2)OCO3)cc1. The number of fused-ring (bicyclic) bond motifs is 1. The lowest BCUT2D eigenvalue weighted by atomic mass is 10.1. The summed E-state index contributed by atoms with van der Waals surface area (Å²) in [5.41, 5.74) is 2.21. The molecule has 1 aliphatic rings. The van der Waals surface area contributed by atoms with Crippen LogP contribution < -0.4 is 14.8 Å². The third kappa shape index (κ3) is 4.17. The van der Waals surface area contributed by atoms with Crippen LogP contribution in [0.4, 0.5) is 0 Å². The van der Waals surface area contributed by atoms with E-state index in [0.717, 1.165) is 11.1 Å². The molecular weight excluding hydrogens is 322 g/mol. The van der Waals surface area contributed by atoms with Crippen LogP contribution in [0, 0.1) is 0 Å². The monoisotopic (exact) mass is 339 g/mol. The Morgan fingerprint density at radius 3 is 2.64 bits per heavy atom. The summed E-state index contributed by atoms with van der Waals surface area (Å²) in [6.07, 6.45) is 3.16. The van der Waals surface area contributed by atoms with Crippen LogP contribution in [0.2, 0.25) is 0 Å². The van der Waals surface area contributed by atoms with Crippen LogP contribution in [0.5, 0.6) is 11.5 Å². The van der Waals surface area contributed by atoms with E-state index in [9.17, 15) is 9.59 Å². The van der Waals surface area contributed by atoms with Gasteiger partial charge in [-0.15, -0.1) is 0 Å². The Kier molecular flexibility index (Phi) is 4.99. The number of nitrogens with one attached hydrogen (secondary N) is 1. The van der Waals surface area contributed by atoms with Gasteiger partial charge in [0.2, 0.25) is 12.7 Å². The molecule has 2 aromatic rings. The largest absolute Gasteiger partial charge is 0.465 e. The summed E-state index contributed by atoms with van der Waals surface area (Å²) in [5, 5.41) is 2.79. The molecule has 0 radical (unpaired) electrons. The predicted octanol–water partition coefficient (Wildman–Crippen LogP) is 2.53. The summed E-state index contributed by atoms with van der Waals surface area (Å²) in [5.74, 6) is 0.780. The van der Waals surface area contributed by atoms with Crippen LogP contribution in [0.1, 0.15) is 21.5 Å². The second-order valence-corrected chi connectivity index (χ2v) is 5.35. The third-order valence-electron chi connectivity index (χ3n) is 3.67.